The molecular weight excluding hydrogens is 312 g/mol. The number of hydrogen-bond acceptors (Lipinski definition) is 3. The molecule has 2 rings (SSSR count). The maximum absolute atomic E-state index is 12.4. The Labute approximate surface area is 136 Å². The lowest BCUT2D eigenvalue weighted by molar-refractivity contribution is 0.100. The highest BCUT2D eigenvalue weighted by molar-refractivity contribution is 7.92. The van der Waals surface area contributed by atoms with Crippen molar-refractivity contribution in [2.24, 2.45) is 5.73 Å². The van der Waals surface area contributed by atoms with Crippen LogP contribution in [0.25, 0.3) is 0 Å². The highest BCUT2D eigenvalue weighted by atomic mass is 32.2. The van der Waals surface area contributed by atoms with Gasteiger partial charge in [0.05, 0.1) is 16.1 Å². The molecule has 2 aromatic rings. The van der Waals surface area contributed by atoms with Crippen LogP contribution in [0.1, 0.15) is 35.7 Å². The Balaban J connectivity index is 2.24. The predicted octanol–water partition coefficient (Wildman–Crippen LogP) is 2.93. The third-order valence-corrected chi connectivity index (χ3v) is 4.87. The fraction of sp³-hybridized carbons (Fsp3) is 0.235. The van der Waals surface area contributed by atoms with Crippen LogP contribution in [0.3, 0.4) is 0 Å². The molecule has 0 saturated carbocycles. The molecular formula is C17H20N2O3S. The van der Waals surface area contributed by atoms with Crippen molar-refractivity contribution in [1.82, 2.24) is 0 Å². The third kappa shape index (κ3) is 4.32. The van der Waals surface area contributed by atoms with Crippen molar-refractivity contribution in [2.75, 3.05) is 4.72 Å². The second-order valence-electron chi connectivity index (χ2n) is 5.26. The topological polar surface area (TPSA) is 89.3 Å². The highest BCUT2D eigenvalue weighted by Crippen LogP contribution is 2.20. The van der Waals surface area contributed by atoms with Crippen molar-refractivity contribution >= 4 is 21.6 Å². The molecule has 0 saturated heterocycles. The Hall–Kier alpha value is -2.34. The van der Waals surface area contributed by atoms with E-state index in [0.717, 1.165) is 24.8 Å². The Morgan fingerprint density at radius 3 is 2.35 bits per heavy atom. The van der Waals surface area contributed by atoms with Crippen LogP contribution in [0.15, 0.2) is 53.4 Å². The SMILES string of the molecule is CCCCc1ccc(S(=O)(=O)Nc2ccccc2C(N)=O)cc1. The Kier molecular flexibility index (Phi) is 5.39. The van der Waals surface area contributed by atoms with Gasteiger partial charge in [-0.2, -0.15) is 0 Å². The molecule has 0 unspecified atom stereocenters. The van der Waals surface area contributed by atoms with Gasteiger partial charge in [-0.05, 0) is 42.7 Å². The van der Waals surface area contributed by atoms with Crippen LogP contribution in [-0.2, 0) is 16.4 Å². The monoisotopic (exact) mass is 332 g/mol. The number of unbranched alkanes of at least 4 members (excludes halogenated alkanes) is 1. The number of rotatable bonds is 7. The van der Waals surface area contributed by atoms with Crippen molar-refractivity contribution < 1.29 is 13.2 Å². The minimum Gasteiger partial charge on any atom is -0.366 e. The number of hydrogen-bond donors (Lipinski definition) is 2. The number of aryl methyl sites for hydroxylation is 1. The van der Waals surface area contributed by atoms with E-state index in [9.17, 15) is 13.2 Å². The number of carbonyl (C=O) groups is 1. The zero-order valence-corrected chi connectivity index (χ0v) is 13.8. The fourth-order valence-corrected chi connectivity index (χ4v) is 3.29. The number of nitrogens with one attached hydrogen (secondary N) is 1. The van der Waals surface area contributed by atoms with Crippen LogP contribution in [-0.4, -0.2) is 14.3 Å². The standard InChI is InChI=1S/C17H20N2O3S/c1-2-3-6-13-9-11-14(12-10-13)23(21,22)19-16-8-5-4-7-15(16)17(18)20/h4-5,7-12,19H,2-3,6H2,1H3,(H2,18,20). The van der Waals surface area contributed by atoms with Crippen LogP contribution in [0.4, 0.5) is 5.69 Å². The summed E-state index contributed by atoms with van der Waals surface area (Å²) < 4.78 is 27.3. The molecule has 0 radical (unpaired) electrons. The van der Waals surface area contributed by atoms with E-state index >= 15 is 0 Å². The molecule has 23 heavy (non-hydrogen) atoms. The second kappa shape index (κ2) is 7.28. The summed E-state index contributed by atoms with van der Waals surface area (Å²) in [7, 11) is -3.76. The summed E-state index contributed by atoms with van der Waals surface area (Å²) in [4.78, 5) is 11.5. The number of nitrogens with two attached hydrogens (primary N) is 1. The summed E-state index contributed by atoms with van der Waals surface area (Å²) in [6.07, 6.45) is 3.08. The number of sulfonamides is 1. The van der Waals surface area contributed by atoms with Gasteiger partial charge in [0, 0.05) is 0 Å². The number of anilines is 1. The van der Waals surface area contributed by atoms with E-state index < -0.39 is 15.9 Å². The summed E-state index contributed by atoms with van der Waals surface area (Å²) in [5.41, 5.74) is 6.68. The summed E-state index contributed by atoms with van der Waals surface area (Å²) >= 11 is 0. The Morgan fingerprint density at radius 1 is 1.09 bits per heavy atom. The molecule has 6 heteroatoms. The lowest BCUT2D eigenvalue weighted by Gasteiger charge is -2.11. The van der Waals surface area contributed by atoms with E-state index in [1.165, 1.54) is 12.1 Å². The minimum atomic E-state index is -3.76. The van der Waals surface area contributed by atoms with Crippen molar-refractivity contribution in [3.63, 3.8) is 0 Å². The molecule has 0 aromatic heterocycles. The van der Waals surface area contributed by atoms with Crippen LogP contribution in [0.2, 0.25) is 0 Å². The maximum atomic E-state index is 12.4. The molecule has 2 aromatic carbocycles. The normalized spacial score (nSPS) is 11.2. The van der Waals surface area contributed by atoms with Gasteiger partial charge in [-0.3, -0.25) is 9.52 Å². The van der Waals surface area contributed by atoms with E-state index in [0.29, 0.717) is 0 Å². The molecule has 5 nitrogen and oxygen atoms in total. The van der Waals surface area contributed by atoms with Gasteiger partial charge in [0.25, 0.3) is 15.9 Å². The van der Waals surface area contributed by atoms with Crippen LogP contribution >= 0.6 is 0 Å². The molecule has 0 aliphatic carbocycles. The van der Waals surface area contributed by atoms with Gasteiger partial charge in [0.15, 0.2) is 0 Å². The van der Waals surface area contributed by atoms with Crippen molar-refractivity contribution in [2.45, 2.75) is 31.1 Å². The van der Waals surface area contributed by atoms with Gasteiger partial charge in [0.1, 0.15) is 0 Å². The summed E-state index contributed by atoms with van der Waals surface area (Å²) in [5.74, 6) is -0.682. The van der Waals surface area contributed by atoms with Crippen LogP contribution < -0.4 is 10.5 Å². The first kappa shape index (κ1) is 17.0. The van der Waals surface area contributed by atoms with Gasteiger partial charge in [-0.1, -0.05) is 37.6 Å². The summed E-state index contributed by atoms with van der Waals surface area (Å²) in [6.45, 7) is 2.11. The van der Waals surface area contributed by atoms with Gasteiger partial charge < -0.3 is 5.73 Å². The number of carbonyl (C=O) groups excluding carboxylic acids is 1. The van der Waals surface area contributed by atoms with Gasteiger partial charge in [-0.15, -0.1) is 0 Å². The van der Waals surface area contributed by atoms with E-state index in [-0.39, 0.29) is 16.1 Å². The molecule has 3 N–H and O–H groups in total. The van der Waals surface area contributed by atoms with E-state index in [1.807, 2.05) is 12.1 Å². The predicted molar refractivity (Wildman–Crippen MR) is 90.8 cm³/mol. The van der Waals surface area contributed by atoms with Gasteiger partial charge >= 0.3 is 0 Å². The van der Waals surface area contributed by atoms with E-state index in [2.05, 4.69) is 11.6 Å². The number of primary amides is 1. The summed E-state index contributed by atoms with van der Waals surface area (Å²) in [6, 6.07) is 13.0. The largest absolute Gasteiger partial charge is 0.366 e. The zero-order valence-electron chi connectivity index (χ0n) is 13.0. The number of amides is 1. The summed E-state index contributed by atoms with van der Waals surface area (Å²) in [5, 5.41) is 0. The Bertz CT molecular complexity index is 784. The maximum Gasteiger partial charge on any atom is 0.261 e. The highest BCUT2D eigenvalue weighted by Gasteiger charge is 2.17. The first-order valence-corrected chi connectivity index (χ1v) is 8.93. The number of para-hydroxylation sites is 1. The first-order valence-electron chi connectivity index (χ1n) is 7.44. The Morgan fingerprint density at radius 2 is 1.74 bits per heavy atom. The first-order chi connectivity index (χ1) is 10.9. The van der Waals surface area contributed by atoms with Gasteiger partial charge in [-0.25, -0.2) is 8.42 Å². The molecule has 122 valence electrons. The average Bonchev–Trinajstić information content (AvgIpc) is 2.53. The lowest BCUT2D eigenvalue weighted by atomic mass is 10.1. The lowest BCUT2D eigenvalue weighted by Crippen LogP contribution is -2.18. The van der Waals surface area contributed by atoms with Crippen LogP contribution in [0, 0.1) is 0 Å². The quantitative estimate of drug-likeness (QED) is 0.817. The van der Waals surface area contributed by atoms with Crippen LogP contribution in [0.5, 0.6) is 0 Å². The fourth-order valence-electron chi connectivity index (χ4n) is 2.21. The van der Waals surface area contributed by atoms with Crippen molar-refractivity contribution in [1.29, 1.82) is 0 Å². The molecule has 0 bridgehead atoms. The molecule has 1 amide bonds. The smallest absolute Gasteiger partial charge is 0.261 e. The zero-order chi connectivity index (χ0) is 16.9. The molecule has 0 atom stereocenters. The minimum absolute atomic E-state index is 0.135. The van der Waals surface area contributed by atoms with E-state index in [1.54, 1.807) is 24.3 Å². The molecule has 0 spiro atoms. The van der Waals surface area contributed by atoms with E-state index in [4.69, 9.17) is 5.73 Å². The molecule has 0 heterocycles. The van der Waals surface area contributed by atoms with Crippen molar-refractivity contribution in [3.05, 3.63) is 59.7 Å². The molecule has 0 aliphatic heterocycles. The third-order valence-electron chi connectivity index (χ3n) is 3.49. The average molecular weight is 332 g/mol. The molecule has 0 fully saturated rings. The van der Waals surface area contributed by atoms with Crippen molar-refractivity contribution in [3.8, 4) is 0 Å². The molecule has 0 aliphatic rings. The second-order valence-corrected chi connectivity index (χ2v) is 6.95. The number of benzene rings is 2. The van der Waals surface area contributed by atoms with Gasteiger partial charge in [0.2, 0.25) is 0 Å².